The van der Waals surface area contributed by atoms with Crippen molar-refractivity contribution in [2.45, 2.75) is 42.3 Å². The maximum Gasteiger partial charge on any atom is 0.237 e. The lowest BCUT2D eigenvalue weighted by atomic mass is 10.2. The molecule has 1 saturated carbocycles. The van der Waals surface area contributed by atoms with Gasteiger partial charge in [0.25, 0.3) is 0 Å². The third kappa shape index (κ3) is 4.77. The van der Waals surface area contributed by atoms with E-state index in [1.54, 1.807) is 19.2 Å². The molecule has 3 rings (SSSR count). The Morgan fingerprint density at radius 2 is 2.20 bits per heavy atom. The van der Waals surface area contributed by atoms with E-state index >= 15 is 0 Å². The molecule has 0 spiro atoms. The minimum absolute atomic E-state index is 0.128. The zero-order chi connectivity index (χ0) is 18.0. The molecule has 1 aliphatic carbocycles. The van der Waals surface area contributed by atoms with Crippen molar-refractivity contribution in [3.63, 3.8) is 0 Å². The summed E-state index contributed by atoms with van der Waals surface area (Å²) in [5.41, 5.74) is 1.48. The van der Waals surface area contributed by atoms with Crippen LogP contribution in [0.5, 0.6) is 5.75 Å². The Kier molecular flexibility index (Phi) is 5.71. The summed E-state index contributed by atoms with van der Waals surface area (Å²) in [7, 11) is 1.55. The maximum atomic E-state index is 12.5. The zero-order valence-electron chi connectivity index (χ0n) is 14.1. The monoisotopic (exact) mass is 398 g/mol. The van der Waals surface area contributed by atoms with Crippen LogP contribution in [0.1, 0.15) is 25.3 Å². The molecule has 0 aliphatic heterocycles. The van der Waals surface area contributed by atoms with E-state index in [9.17, 15) is 4.79 Å². The van der Waals surface area contributed by atoms with Crippen LogP contribution < -0.4 is 15.4 Å². The minimum atomic E-state index is -0.317. The highest BCUT2D eigenvalue weighted by molar-refractivity contribution is 8.02. The molecule has 0 bridgehead atoms. The Balaban J connectivity index is 1.62. The number of methoxy groups -OCH3 is 1. The van der Waals surface area contributed by atoms with Crippen LogP contribution in [-0.4, -0.2) is 34.5 Å². The molecule has 1 fully saturated rings. The first-order chi connectivity index (χ1) is 12.0. The predicted octanol–water partition coefficient (Wildman–Crippen LogP) is 4.20. The molecule has 1 aromatic carbocycles. The highest BCUT2D eigenvalue weighted by atomic mass is 35.5. The average molecular weight is 399 g/mol. The summed E-state index contributed by atoms with van der Waals surface area (Å²) >= 11 is 8.96. The van der Waals surface area contributed by atoms with Crippen LogP contribution in [0.25, 0.3) is 0 Å². The molecule has 1 heterocycles. The number of ether oxygens (including phenoxy) is 1. The fraction of sp³-hybridized carbons (Fsp3) is 0.438. The van der Waals surface area contributed by atoms with Gasteiger partial charge in [0, 0.05) is 17.1 Å². The van der Waals surface area contributed by atoms with Crippen molar-refractivity contribution in [3.05, 3.63) is 22.7 Å². The van der Waals surface area contributed by atoms with E-state index in [1.165, 1.54) is 35.9 Å². The lowest BCUT2D eigenvalue weighted by Gasteiger charge is -2.14. The molecule has 2 N–H and O–H groups in total. The van der Waals surface area contributed by atoms with Crippen molar-refractivity contribution in [1.82, 2.24) is 10.2 Å². The number of carbonyl (C=O) groups excluding carboxylic acids is 1. The molecule has 1 aliphatic rings. The van der Waals surface area contributed by atoms with E-state index in [1.807, 2.05) is 13.8 Å². The Morgan fingerprint density at radius 3 is 2.88 bits per heavy atom. The SMILES string of the molecule is COc1cc(Cl)c(C)cc1NC(=O)[C@H](C)Sc1nnc(NC2CC2)s1. The first kappa shape index (κ1) is 18.3. The van der Waals surface area contributed by atoms with E-state index in [-0.39, 0.29) is 11.2 Å². The van der Waals surface area contributed by atoms with Crippen molar-refractivity contribution >= 4 is 51.4 Å². The summed E-state index contributed by atoms with van der Waals surface area (Å²) in [6, 6.07) is 4.04. The molecule has 6 nitrogen and oxygen atoms in total. The Hall–Kier alpha value is -1.51. The lowest BCUT2D eigenvalue weighted by Crippen LogP contribution is -2.22. The number of halogens is 1. The summed E-state index contributed by atoms with van der Waals surface area (Å²) in [6.45, 7) is 3.72. The number of hydrogen-bond acceptors (Lipinski definition) is 7. The van der Waals surface area contributed by atoms with Gasteiger partial charge in [-0.3, -0.25) is 4.79 Å². The van der Waals surface area contributed by atoms with Crippen LogP contribution in [0.15, 0.2) is 16.5 Å². The van der Waals surface area contributed by atoms with Gasteiger partial charge in [-0.2, -0.15) is 0 Å². The number of hydrogen-bond donors (Lipinski definition) is 2. The highest BCUT2D eigenvalue weighted by Crippen LogP contribution is 2.34. The number of aromatic nitrogens is 2. The number of carbonyl (C=O) groups is 1. The molecule has 1 atom stereocenters. The summed E-state index contributed by atoms with van der Waals surface area (Å²) in [4.78, 5) is 12.5. The highest BCUT2D eigenvalue weighted by Gasteiger charge is 2.23. The Morgan fingerprint density at radius 1 is 1.44 bits per heavy atom. The predicted molar refractivity (Wildman–Crippen MR) is 103 cm³/mol. The number of anilines is 2. The largest absolute Gasteiger partial charge is 0.495 e. The lowest BCUT2D eigenvalue weighted by molar-refractivity contribution is -0.115. The first-order valence-corrected chi connectivity index (χ1v) is 9.95. The minimum Gasteiger partial charge on any atom is -0.495 e. The quantitative estimate of drug-likeness (QED) is 0.680. The van der Waals surface area contributed by atoms with Gasteiger partial charge in [0.2, 0.25) is 11.0 Å². The maximum absolute atomic E-state index is 12.5. The number of rotatable bonds is 7. The van der Waals surface area contributed by atoms with Gasteiger partial charge >= 0.3 is 0 Å². The summed E-state index contributed by atoms with van der Waals surface area (Å²) in [5, 5.41) is 15.5. The van der Waals surface area contributed by atoms with Crippen molar-refractivity contribution in [3.8, 4) is 5.75 Å². The molecule has 9 heteroatoms. The third-order valence-corrected chi connectivity index (χ3v) is 6.14. The van der Waals surface area contributed by atoms with Crippen molar-refractivity contribution in [2.24, 2.45) is 0 Å². The smallest absolute Gasteiger partial charge is 0.237 e. The number of thioether (sulfide) groups is 1. The van der Waals surface area contributed by atoms with Crippen LogP contribution >= 0.6 is 34.7 Å². The fourth-order valence-electron chi connectivity index (χ4n) is 2.09. The molecular weight excluding hydrogens is 380 g/mol. The number of aryl methyl sites for hydroxylation is 1. The molecule has 0 unspecified atom stereocenters. The summed E-state index contributed by atoms with van der Waals surface area (Å²) in [5.74, 6) is 0.407. The standard InChI is InChI=1S/C16H19ClN4O2S2/c1-8-6-12(13(23-3)7-11(8)17)19-14(22)9(2)24-16-21-20-15(25-16)18-10-4-5-10/h6-7,9-10H,4-5H2,1-3H3,(H,18,20)(H,19,22)/t9-/m0/s1. The fourth-order valence-corrected chi connectivity index (χ4v) is 4.21. The van der Waals surface area contributed by atoms with Gasteiger partial charge < -0.3 is 15.4 Å². The average Bonchev–Trinajstić information content (AvgIpc) is 3.28. The van der Waals surface area contributed by atoms with E-state index in [0.29, 0.717) is 22.5 Å². The molecular formula is C16H19ClN4O2S2. The van der Waals surface area contributed by atoms with Gasteiger partial charge in [-0.05, 0) is 38.3 Å². The van der Waals surface area contributed by atoms with E-state index < -0.39 is 0 Å². The van der Waals surface area contributed by atoms with Gasteiger partial charge in [-0.15, -0.1) is 10.2 Å². The molecule has 0 radical (unpaired) electrons. The second kappa shape index (κ2) is 7.80. The number of benzene rings is 1. The summed E-state index contributed by atoms with van der Waals surface area (Å²) in [6.07, 6.45) is 2.37. The number of nitrogens with zero attached hydrogens (tertiary/aromatic N) is 2. The Bertz CT molecular complexity index is 779. The molecule has 1 aromatic heterocycles. The van der Waals surface area contributed by atoms with E-state index in [4.69, 9.17) is 16.3 Å². The topological polar surface area (TPSA) is 76.1 Å². The van der Waals surface area contributed by atoms with Gasteiger partial charge in [-0.1, -0.05) is 34.7 Å². The summed E-state index contributed by atoms with van der Waals surface area (Å²) < 4.78 is 6.06. The van der Waals surface area contributed by atoms with E-state index in [2.05, 4.69) is 20.8 Å². The van der Waals surface area contributed by atoms with Gasteiger partial charge in [-0.25, -0.2) is 0 Å². The molecule has 134 valence electrons. The zero-order valence-corrected chi connectivity index (χ0v) is 16.5. The molecule has 2 aromatic rings. The first-order valence-electron chi connectivity index (χ1n) is 7.88. The second-order valence-electron chi connectivity index (χ2n) is 5.84. The van der Waals surface area contributed by atoms with Crippen LogP contribution in [0.2, 0.25) is 5.02 Å². The third-order valence-electron chi connectivity index (χ3n) is 3.70. The Labute approximate surface area is 159 Å². The number of nitrogens with one attached hydrogen (secondary N) is 2. The van der Waals surface area contributed by atoms with Crippen LogP contribution in [0.4, 0.5) is 10.8 Å². The van der Waals surface area contributed by atoms with Crippen molar-refractivity contribution < 1.29 is 9.53 Å². The van der Waals surface area contributed by atoms with Crippen molar-refractivity contribution in [1.29, 1.82) is 0 Å². The normalized spacial score (nSPS) is 14.9. The molecule has 1 amide bonds. The van der Waals surface area contributed by atoms with Gasteiger partial charge in [0.05, 0.1) is 18.0 Å². The van der Waals surface area contributed by atoms with Crippen molar-refractivity contribution in [2.75, 3.05) is 17.7 Å². The van der Waals surface area contributed by atoms with E-state index in [0.717, 1.165) is 15.0 Å². The van der Waals surface area contributed by atoms with Crippen LogP contribution in [0.3, 0.4) is 0 Å². The van der Waals surface area contributed by atoms with Gasteiger partial charge in [0.15, 0.2) is 4.34 Å². The van der Waals surface area contributed by atoms with Crippen LogP contribution in [0, 0.1) is 6.92 Å². The second-order valence-corrected chi connectivity index (χ2v) is 8.82. The van der Waals surface area contributed by atoms with Gasteiger partial charge in [0.1, 0.15) is 5.75 Å². The molecule has 25 heavy (non-hydrogen) atoms. The molecule has 0 saturated heterocycles. The van der Waals surface area contributed by atoms with Crippen LogP contribution in [-0.2, 0) is 4.79 Å². The number of amides is 1.